The molecule has 0 atom stereocenters. The molecule has 1 aliphatic heterocycles. The van der Waals surface area contributed by atoms with Crippen molar-refractivity contribution in [3.8, 4) is 0 Å². The fraction of sp³-hybridized carbons (Fsp3) is 0.0714. The van der Waals surface area contributed by atoms with E-state index in [4.69, 9.17) is 0 Å². The Morgan fingerprint density at radius 1 is 0.656 bits per heavy atom. The van der Waals surface area contributed by atoms with Gasteiger partial charge in [0.2, 0.25) is 0 Å². The normalized spacial score (nSPS) is 13.9. The largest absolute Gasteiger partial charge is 0.350 e. The van der Waals surface area contributed by atoms with Crippen molar-refractivity contribution in [3.63, 3.8) is 0 Å². The van der Waals surface area contributed by atoms with Gasteiger partial charge in [0.15, 0.2) is 0 Å². The van der Waals surface area contributed by atoms with Crippen LogP contribution >= 0.6 is 0 Å². The number of fused-ring (bicyclic) bond motifs is 1. The number of benzene rings is 4. The maximum Gasteiger partial charge on any atom is 0.282 e. The monoisotopic (exact) mass is 418 g/mol. The third-order valence-corrected chi connectivity index (χ3v) is 5.77. The molecule has 4 aromatic rings. The van der Waals surface area contributed by atoms with E-state index in [1.165, 1.54) is 4.90 Å². The molecule has 1 heterocycles. The van der Waals surface area contributed by atoms with E-state index < -0.39 is 0 Å². The smallest absolute Gasteiger partial charge is 0.282 e. The topological polar surface area (TPSA) is 49.4 Å². The van der Waals surface area contributed by atoms with Gasteiger partial charge in [-0.3, -0.25) is 9.59 Å². The fourth-order valence-corrected chi connectivity index (χ4v) is 4.03. The molecule has 0 saturated heterocycles. The lowest BCUT2D eigenvalue weighted by Crippen LogP contribution is -2.32. The van der Waals surface area contributed by atoms with Crippen LogP contribution in [0.5, 0.6) is 0 Å². The van der Waals surface area contributed by atoms with Crippen LogP contribution in [-0.4, -0.2) is 11.8 Å². The average Bonchev–Trinajstić information content (AvgIpc) is 3.05. The van der Waals surface area contributed by atoms with Crippen LogP contribution in [0.15, 0.2) is 96.7 Å². The van der Waals surface area contributed by atoms with Crippen molar-refractivity contribution in [2.75, 3.05) is 10.2 Å². The Labute approximate surface area is 186 Å². The summed E-state index contributed by atoms with van der Waals surface area (Å²) < 4.78 is 0. The first kappa shape index (κ1) is 19.8. The van der Waals surface area contributed by atoms with Gasteiger partial charge in [0.1, 0.15) is 5.70 Å². The molecule has 5 rings (SSSR count). The van der Waals surface area contributed by atoms with Crippen molar-refractivity contribution < 1.29 is 9.59 Å². The molecule has 1 N–H and O–H groups in total. The van der Waals surface area contributed by atoms with Gasteiger partial charge in [-0.05, 0) is 43.0 Å². The zero-order valence-corrected chi connectivity index (χ0v) is 17.9. The van der Waals surface area contributed by atoms with E-state index in [9.17, 15) is 9.59 Å². The molecule has 156 valence electrons. The Morgan fingerprint density at radius 3 is 2.00 bits per heavy atom. The van der Waals surface area contributed by atoms with Gasteiger partial charge in [-0.25, -0.2) is 4.90 Å². The SMILES string of the molecule is Cc1ccc(C2=C(Nc3cccc4ccccc34)C(=O)N(c3ccc(C)cc3)C2=O)cc1. The number of amides is 2. The molecule has 0 bridgehead atoms. The molecular weight excluding hydrogens is 396 g/mol. The molecule has 4 nitrogen and oxygen atoms in total. The maximum absolute atomic E-state index is 13.6. The summed E-state index contributed by atoms with van der Waals surface area (Å²) in [6.45, 7) is 3.97. The summed E-state index contributed by atoms with van der Waals surface area (Å²) in [7, 11) is 0. The van der Waals surface area contributed by atoms with E-state index in [0.717, 1.165) is 27.6 Å². The highest BCUT2D eigenvalue weighted by molar-refractivity contribution is 6.46. The van der Waals surface area contributed by atoms with Crippen LogP contribution in [-0.2, 0) is 9.59 Å². The number of imide groups is 1. The third kappa shape index (κ3) is 3.36. The Kier molecular flexibility index (Phi) is 4.83. The Bertz CT molecular complexity index is 1380. The molecule has 0 spiro atoms. The molecule has 4 aromatic carbocycles. The van der Waals surface area contributed by atoms with Crippen LogP contribution in [0.2, 0.25) is 0 Å². The van der Waals surface area contributed by atoms with Gasteiger partial charge >= 0.3 is 0 Å². The molecular formula is C28H22N2O2. The lowest BCUT2D eigenvalue weighted by Gasteiger charge is -2.16. The Hall–Kier alpha value is -4.18. The standard InChI is InChI=1S/C28H22N2O2/c1-18-10-14-21(15-11-18)25-26(29-24-9-5-7-20-6-3-4-8-23(20)24)28(32)30(27(25)31)22-16-12-19(2)13-17-22/h3-17,29H,1-2H3. The fourth-order valence-electron chi connectivity index (χ4n) is 4.03. The minimum Gasteiger partial charge on any atom is -0.350 e. The van der Waals surface area contributed by atoms with E-state index in [-0.39, 0.29) is 17.5 Å². The number of hydrogen-bond donors (Lipinski definition) is 1. The van der Waals surface area contributed by atoms with Gasteiger partial charge in [-0.2, -0.15) is 0 Å². The second kappa shape index (κ2) is 7.82. The highest BCUT2D eigenvalue weighted by Gasteiger charge is 2.40. The number of hydrogen-bond acceptors (Lipinski definition) is 3. The number of rotatable bonds is 4. The van der Waals surface area contributed by atoms with Gasteiger partial charge in [0, 0.05) is 11.1 Å². The number of carbonyl (C=O) groups excluding carboxylic acids is 2. The van der Waals surface area contributed by atoms with Gasteiger partial charge in [-0.15, -0.1) is 0 Å². The minimum absolute atomic E-state index is 0.288. The molecule has 0 radical (unpaired) electrons. The molecule has 0 fully saturated rings. The van der Waals surface area contributed by atoms with Gasteiger partial charge in [0.05, 0.1) is 11.3 Å². The first-order chi connectivity index (χ1) is 15.5. The lowest BCUT2D eigenvalue weighted by molar-refractivity contribution is -0.120. The summed E-state index contributed by atoms with van der Waals surface area (Å²) in [5.74, 6) is -0.687. The van der Waals surface area contributed by atoms with Crippen LogP contribution in [0.25, 0.3) is 16.3 Å². The van der Waals surface area contributed by atoms with Crippen LogP contribution in [0.3, 0.4) is 0 Å². The predicted octanol–water partition coefficient (Wildman–Crippen LogP) is 5.85. The van der Waals surface area contributed by atoms with Crippen molar-refractivity contribution >= 4 is 39.5 Å². The van der Waals surface area contributed by atoms with Crippen LogP contribution in [0.1, 0.15) is 16.7 Å². The minimum atomic E-state index is -0.359. The maximum atomic E-state index is 13.6. The Morgan fingerprint density at radius 2 is 1.28 bits per heavy atom. The average molecular weight is 418 g/mol. The quantitative estimate of drug-likeness (QED) is 0.423. The second-order valence-electron chi connectivity index (χ2n) is 8.05. The number of nitrogens with one attached hydrogen (secondary N) is 1. The van der Waals surface area contributed by atoms with Crippen LogP contribution in [0.4, 0.5) is 11.4 Å². The molecule has 32 heavy (non-hydrogen) atoms. The third-order valence-electron chi connectivity index (χ3n) is 5.77. The molecule has 4 heteroatoms. The van der Waals surface area contributed by atoms with E-state index in [1.54, 1.807) is 12.1 Å². The summed E-state index contributed by atoms with van der Waals surface area (Å²) >= 11 is 0. The number of nitrogens with zero attached hydrogens (tertiary/aromatic N) is 1. The number of aryl methyl sites for hydroxylation is 2. The highest BCUT2D eigenvalue weighted by Crippen LogP contribution is 2.35. The van der Waals surface area contributed by atoms with Gasteiger partial charge in [0.25, 0.3) is 11.8 Å². The number of carbonyl (C=O) groups is 2. The predicted molar refractivity (Wildman–Crippen MR) is 129 cm³/mol. The first-order valence-electron chi connectivity index (χ1n) is 10.5. The summed E-state index contributed by atoms with van der Waals surface area (Å²) in [6.07, 6.45) is 0. The molecule has 0 aromatic heterocycles. The summed E-state index contributed by atoms with van der Waals surface area (Å²) in [4.78, 5) is 28.4. The number of anilines is 2. The van der Waals surface area contributed by atoms with Crippen molar-refractivity contribution in [2.24, 2.45) is 0 Å². The van der Waals surface area contributed by atoms with Gasteiger partial charge < -0.3 is 5.32 Å². The molecule has 0 saturated carbocycles. The molecule has 2 amide bonds. The molecule has 0 unspecified atom stereocenters. The van der Waals surface area contributed by atoms with Crippen molar-refractivity contribution in [3.05, 3.63) is 113 Å². The zero-order valence-electron chi connectivity index (χ0n) is 17.9. The first-order valence-corrected chi connectivity index (χ1v) is 10.5. The van der Waals surface area contributed by atoms with E-state index >= 15 is 0 Å². The zero-order chi connectivity index (χ0) is 22.2. The van der Waals surface area contributed by atoms with Crippen molar-refractivity contribution in [2.45, 2.75) is 13.8 Å². The van der Waals surface area contributed by atoms with Crippen LogP contribution < -0.4 is 10.2 Å². The van der Waals surface area contributed by atoms with Crippen molar-refractivity contribution in [1.82, 2.24) is 0 Å². The Balaban J connectivity index is 1.65. The summed E-state index contributed by atoms with van der Waals surface area (Å²) in [5.41, 5.74) is 4.88. The molecule has 0 aliphatic carbocycles. The summed E-state index contributed by atoms with van der Waals surface area (Å²) in [6, 6.07) is 28.9. The second-order valence-corrected chi connectivity index (χ2v) is 8.05. The van der Waals surface area contributed by atoms with E-state index in [2.05, 4.69) is 5.32 Å². The van der Waals surface area contributed by atoms with E-state index in [1.807, 2.05) is 92.7 Å². The van der Waals surface area contributed by atoms with Crippen LogP contribution in [0, 0.1) is 13.8 Å². The summed E-state index contributed by atoms with van der Waals surface area (Å²) in [5, 5.41) is 5.35. The van der Waals surface area contributed by atoms with Gasteiger partial charge in [-0.1, -0.05) is 83.9 Å². The van der Waals surface area contributed by atoms with E-state index in [0.29, 0.717) is 16.8 Å². The molecule has 1 aliphatic rings. The lowest BCUT2D eigenvalue weighted by atomic mass is 10.0. The van der Waals surface area contributed by atoms with Crippen molar-refractivity contribution in [1.29, 1.82) is 0 Å². The highest BCUT2D eigenvalue weighted by atomic mass is 16.2.